The third kappa shape index (κ3) is 5.24. The number of rotatable bonds is 2. The van der Waals surface area contributed by atoms with Gasteiger partial charge in [0.25, 0.3) is 0 Å². The van der Waals surface area contributed by atoms with Crippen molar-refractivity contribution in [3.63, 3.8) is 0 Å². The average molecular weight is 373 g/mol. The van der Waals surface area contributed by atoms with Crippen LogP contribution in [-0.2, 0) is 22.5 Å². The van der Waals surface area contributed by atoms with E-state index >= 15 is 0 Å². The quantitative estimate of drug-likeness (QED) is 0.735. The molecule has 1 aromatic rings. The summed E-state index contributed by atoms with van der Waals surface area (Å²) in [7, 11) is -9.13. The van der Waals surface area contributed by atoms with Gasteiger partial charge < -0.3 is 16.5 Å². The molecule has 1 heterocycles. The van der Waals surface area contributed by atoms with Crippen LogP contribution in [0, 0.1) is 0 Å². The zero-order chi connectivity index (χ0) is 16.6. The van der Waals surface area contributed by atoms with E-state index in [-0.39, 0.29) is 0 Å². The molecule has 1 aliphatic rings. The Balaban J connectivity index is 2.29. The summed E-state index contributed by atoms with van der Waals surface area (Å²) in [5.74, 6) is 0. The smallest absolute Gasteiger partial charge is 0.321 e. The van der Waals surface area contributed by atoms with Crippen LogP contribution in [0.3, 0.4) is 0 Å². The van der Waals surface area contributed by atoms with Crippen LogP contribution in [0.1, 0.15) is 5.56 Å². The monoisotopic (exact) mass is 372 g/mol. The van der Waals surface area contributed by atoms with Crippen molar-refractivity contribution in [2.45, 2.75) is 51.9 Å². The molecule has 0 unspecified atom stereocenters. The molecule has 0 spiro atoms. The summed E-state index contributed by atoms with van der Waals surface area (Å²) in [4.78, 5) is 0. The first-order chi connectivity index (χ1) is 9.91. The van der Waals surface area contributed by atoms with Crippen molar-refractivity contribution in [2.24, 2.45) is 0 Å². The third-order valence-electron chi connectivity index (χ3n) is 3.27. The third-order valence-corrected chi connectivity index (χ3v) is 19.6. The number of hydrogen-bond acceptors (Lipinski definition) is 4. The maximum Gasteiger partial charge on any atom is 0.321 e. The lowest BCUT2D eigenvalue weighted by Crippen LogP contribution is -2.65. The summed E-state index contributed by atoms with van der Waals surface area (Å²) in [5.41, 5.74) is 1.25. The summed E-state index contributed by atoms with van der Waals surface area (Å²) < 4.78 is 25.8. The van der Waals surface area contributed by atoms with Crippen molar-refractivity contribution >= 4 is 34.2 Å². The SMILES string of the molecule is C[Si]1(C)O[Si](C)(C)O[Si](C)(Cc2ccccc2)O[Si](C)(C)O1. The van der Waals surface area contributed by atoms with E-state index in [4.69, 9.17) is 16.5 Å². The van der Waals surface area contributed by atoms with Gasteiger partial charge in [0, 0.05) is 6.04 Å². The van der Waals surface area contributed by atoms with Crippen molar-refractivity contribution in [1.82, 2.24) is 0 Å². The summed E-state index contributed by atoms with van der Waals surface area (Å²) in [5, 5.41) is 0. The summed E-state index contributed by atoms with van der Waals surface area (Å²) in [6, 6.07) is 11.2. The fraction of sp³-hybridized carbons (Fsp3) is 0.571. The predicted molar refractivity (Wildman–Crippen MR) is 98.6 cm³/mol. The van der Waals surface area contributed by atoms with E-state index in [1.807, 2.05) is 6.07 Å². The minimum Gasteiger partial charge on any atom is -0.416 e. The van der Waals surface area contributed by atoms with Gasteiger partial charge in [-0.2, -0.15) is 0 Å². The lowest BCUT2D eigenvalue weighted by atomic mass is 10.2. The molecule has 8 heteroatoms. The molecule has 4 nitrogen and oxygen atoms in total. The van der Waals surface area contributed by atoms with Crippen LogP contribution >= 0.6 is 0 Å². The predicted octanol–water partition coefficient (Wildman–Crippen LogP) is 4.03. The molecule has 0 saturated carbocycles. The molecule has 2 rings (SSSR count). The van der Waals surface area contributed by atoms with Gasteiger partial charge in [0.2, 0.25) is 0 Å². The Morgan fingerprint density at radius 2 is 1.05 bits per heavy atom. The maximum absolute atomic E-state index is 6.56. The van der Waals surface area contributed by atoms with Crippen LogP contribution in [0.5, 0.6) is 0 Å². The second kappa shape index (κ2) is 6.09. The molecule has 0 bridgehead atoms. The van der Waals surface area contributed by atoms with Gasteiger partial charge in [-0.25, -0.2) is 0 Å². The topological polar surface area (TPSA) is 36.9 Å². The fourth-order valence-electron chi connectivity index (χ4n) is 3.35. The zero-order valence-electron chi connectivity index (χ0n) is 14.7. The van der Waals surface area contributed by atoms with Crippen molar-refractivity contribution in [3.05, 3.63) is 35.9 Å². The Morgan fingerprint density at radius 3 is 1.50 bits per heavy atom. The molecule has 1 saturated heterocycles. The molecule has 1 fully saturated rings. The van der Waals surface area contributed by atoms with E-state index in [9.17, 15) is 0 Å². The first kappa shape index (κ1) is 18.3. The van der Waals surface area contributed by atoms with Crippen molar-refractivity contribution in [2.75, 3.05) is 0 Å². The average Bonchev–Trinajstić information content (AvgIpc) is 2.21. The van der Waals surface area contributed by atoms with Crippen LogP contribution in [0.25, 0.3) is 0 Å². The van der Waals surface area contributed by atoms with Crippen LogP contribution in [0.15, 0.2) is 30.3 Å². The minimum atomic E-state index is -2.40. The van der Waals surface area contributed by atoms with Gasteiger partial charge >= 0.3 is 34.2 Å². The van der Waals surface area contributed by atoms with Gasteiger partial charge in [0.05, 0.1) is 0 Å². The maximum atomic E-state index is 6.56. The molecular weight excluding hydrogens is 344 g/mol. The molecular formula is C14H28O4Si4. The van der Waals surface area contributed by atoms with Gasteiger partial charge in [0.15, 0.2) is 0 Å². The molecule has 22 heavy (non-hydrogen) atoms. The van der Waals surface area contributed by atoms with E-state index < -0.39 is 34.2 Å². The second-order valence-corrected chi connectivity index (χ2v) is 21.7. The van der Waals surface area contributed by atoms with E-state index in [2.05, 4.69) is 70.1 Å². The van der Waals surface area contributed by atoms with Gasteiger partial charge in [-0.15, -0.1) is 0 Å². The van der Waals surface area contributed by atoms with E-state index in [1.54, 1.807) is 0 Å². The highest BCUT2D eigenvalue weighted by atomic mass is 28.5. The van der Waals surface area contributed by atoms with Crippen LogP contribution in [0.2, 0.25) is 45.8 Å². The molecule has 124 valence electrons. The molecule has 0 atom stereocenters. The van der Waals surface area contributed by atoms with Crippen LogP contribution < -0.4 is 0 Å². The first-order valence-electron chi connectivity index (χ1n) is 7.75. The zero-order valence-corrected chi connectivity index (χ0v) is 18.7. The van der Waals surface area contributed by atoms with Crippen molar-refractivity contribution < 1.29 is 16.5 Å². The lowest BCUT2D eigenvalue weighted by molar-refractivity contribution is 0.234. The minimum absolute atomic E-state index is 0.829. The Hall–Kier alpha value is -0.0725. The Morgan fingerprint density at radius 1 is 0.636 bits per heavy atom. The highest BCUT2D eigenvalue weighted by molar-refractivity contribution is 6.92. The molecule has 1 aromatic carbocycles. The van der Waals surface area contributed by atoms with Crippen molar-refractivity contribution in [3.8, 4) is 0 Å². The molecule has 0 radical (unpaired) electrons. The molecule has 0 aromatic heterocycles. The van der Waals surface area contributed by atoms with Gasteiger partial charge in [0.1, 0.15) is 0 Å². The van der Waals surface area contributed by atoms with Crippen LogP contribution in [-0.4, -0.2) is 34.2 Å². The molecule has 0 amide bonds. The highest BCUT2D eigenvalue weighted by Crippen LogP contribution is 2.32. The van der Waals surface area contributed by atoms with Gasteiger partial charge in [-0.05, 0) is 51.4 Å². The first-order valence-corrected chi connectivity index (χ1v) is 18.7. The number of hydrogen-bond donors (Lipinski definition) is 0. The highest BCUT2D eigenvalue weighted by Gasteiger charge is 2.52. The van der Waals surface area contributed by atoms with E-state index in [0.29, 0.717) is 0 Å². The van der Waals surface area contributed by atoms with Crippen LogP contribution in [0.4, 0.5) is 0 Å². The largest absolute Gasteiger partial charge is 0.416 e. The summed E-state index contributed by atoms with van der Waals surface area (Å²) in [6.45, 7) is 14.7. The normalized spacial score (nSPS) is 26.0. The van der Waals surface area contributed by atoms with E-state index in [0.717, 1.165) is 6.04 Å². The van der Waals surface area contributed by atoms with Gasteiger partial charge in [-0.3, -0.25) is 0 Å². The lowest BCUT2D eigenvalue weighted by Gasteiger charge is -2.47. The molecule has 0 N–H and O–H groups in total. The molecule has 1 aliphatic heterocycles. The van der Waals surface area contributed by atoms with Crippen molar-refractivity contribution in [1.29, 1.82) is 0 Å². The summed E-state index contributed by atoms with van der Waals surface area (Å²) >= 11 is 0. The van der Waals surface area contributed by atoms with E-state index in [1.165, 1.54) is 5.56 Å². The second-order valence-electron chi connectivity index (χ2n) is 7.40. The standard InChI is InChI=1S/C14H28O4Si4/c1-19(2)15-20(3,4)17-22(7,18-21(5,6)16-19)13-14-11-9-8-10-12-14/h8-12H,13H2,1-7H3. The Bertz CT molecular complexity index is 497. The fourth-order valence-corrected chi connectivity index (χ4v) is 24.9. The molecule has 0 aliphatic carbocycles. The Kier molecular flexibility index (Phi) is 5.06. The number of benzene rings is 1. The Labute approximate surface area is 138 Å². The summed E-state index contributed by atoms with van der Waals surface area (Å²) in [6.07, 6.45) is 0. The van der Waals surface area contributed by atoms with Gasteiger partial charge in [-0.1, -0.05) is 30.3 Å².